The Morgan fingerprint density at radius 3 is 2.67 bits per heavy atom. The van der Waals surface area contributed by atoms with Crippen molar-refractivity contribution in [2.75, 3.05) is 16.8 Å². The third-order valence-corrected chi connectivity index (χ3v) is 5.76. The van der Waals surface area contributed by atoms with Crippen molar-refractivity contribution in [3.8, 4) is 11.3 Å². The van der Waals surface area contributed by atoms with Gasteiger partial charge in [-0.15, -0.1) is 11.3 Å². The molecule has 7 heteroatoms. The topological polar surface area (TPSA) is 62.3 Å². The summed E-state index contributed by atoms with van der Waals surface area (Å²) in [5.74, 6) is -0.986. The number of hydrogen-bond acceptors (Lipinski definition) is 4. The molecular formula is C23H22FN3O2S. The number of benzene rings is 2. The fourth-order valence-electron chi connectivity index (χ4n) is 3.45. The van der Waals surface area contributed by atoms with Gasteiger partial charge in [-0.1, -0.05) is 39.0 Å². The first-order chi connectivity index (χ1) is 14.2. The number of anilines is 2. The Hall–Kier alpha value is -3.06. The minimum atomic E-state index is -0.570. The zero-order valence-electron chi connectivity index (χ0n) is 17.0. The summed E-state index contributed by atoms with van der Waals surface area (Å²) in [6, 6.07) is 11.8. The Labute approximate surface area is 178 Å². The largest absolute Gasteiger partial charge is 0.311 e. The van der Waals surface area contributed by atoms with Crippen LogP contribution in [0.3, 0.4) is 0 Å². The van der Waals surface area contributed by atoms with Crippen LogP contribution < -0.4 is 10.2 Å². The predicted octanol–water partition coefficient (Wildman–Crippen LogP) is 5.14. The van der Waals surface area contributed by atoms with Crippen LogP contribution in [0.25, 0.3) is 11.3 Å². The average molecular weight is 424 g/mol. The first-order valence-electron chi connectivity index (χ1n) is 9.71. The van der Waals surface area contributed by atoms with Crippen LogP contribution in [0.4, 0.5) is 15.2 Å². The van der Waals surface area contributed by atoms with Gasteiger partial charge in [0, 0.05) is 28.6 Å². The molecule has 1 aliphatic heterocycles. The van der Waals surface area contributed by atoms with E-state index in [-0.39, 0.29) is 11.5 Å². The zero-order chi connectivity index (χ0) is 21.5. The van der Waals surface area contributed by atoms with E-state index in [1.54, 1.807) is 6.07 Å². The third-order valence-electron chi connectivity index (χ3n) is 5.00. The third kappa shape index (κ3) is 3.85. The molecular weight excluding hydrogens is 401 g/mol. The number of fused-ring (bicyclic) bond motifs is 1. The molecule has 0 fully saturated rings. The van der Waals surface area contributed by atoms with E-state index in [0.29, 0.717) is 11.7 Å². The van der Waals surface area contributed by atoms with Crippen molar-refractivity contribution in [2.45, 2.75) is 27.2 Å². The van der Waals surface area contributed by atoms with E-state index in [0.717, 1.165) is 28.9 Å². The number of rotatable bonds is 3. The van der Waals surface area contributed by atoms with Gasteiger partial charge in [0.2, 0.25) is 5.91 Å². The quantitative estimate of drug-likeness (QED) is 0.635. The van der Waals surface area contributed by atoms with Crippen molar-refractivity contribution in [3.05, 3.63) is 64.8 Å². The van der Waals surface area contributed by atoms with Gasteiger partial charge >= 0.3 is 0 Å². The van der Waals surface area contributed by atoms with Gasteiger partial charge in [-0.3, -0.25) is 14.9 Å². The molecule has 1 aromatic heterocycles. The Morgan fingerprint density at radius 1 is 1.17 bits per heavy atom. The molecule has 1 aliphatic rings. The highest BCUT2D eigenvalue weighted by molar-refractivity contribution is 7.14. The maximum absolute atomic E-state index is 13.8. The number of hydrogen-bond donors (Lipinski definition) is 1. The van der Waals surface area contributed by atoms with Crippen molar-refractivity contribution >= 4 is 34.0 Å². The van der Waals surface area contributed by atoms with Crippen molar-refractivity contribution in [3.63, 3.8) is 0 Å². The van der Waals surface area contributed by atoms with E-state index in [2.05, 4.69) is 10.3 Å². The molecule has 3 aromatic rings. The number of amides is 2. The van der Waals surface area contributed by atoms with Crippen LogP contribution in [0.2, 0.25) is 0 Å². The number of halogens is 1. The Kier molecular flexibility index (Phi) is 5.15. The lowest BCUT2D eigenvalue weighted by molar-refractivity contribution is -0.125. The molecule has 2 aromatic carbocycles. The Bertz CT molecular complexity index is 1130. The van der Waals surface area contributed by atoms with E-state index >= 15 is 0 Å². The number of aromatic nitrogens is 1. The molecule has 0 spiro atoms. The molecule has 0 saturated heterocycles. The molecule has 0 atom stereocenters. The van der Waals surface area contributed by atoms with Crippen molar-refractivity contribution in [1.82, 2.24) is 4.98 Å². The standard InChI is InChI=1S/C23H22FN3O2S/c1-23(2,3)21(29)27-11-10-15-12-14(8-9-19(15)27)18-13-30-22(25-18)26-20(28)16-6-4-5-7-17(16)24/h4-9,12-13H,10-11H2,1-3H3,(H,25,26,28). The molecule has 2 amide bonds. The van der Waals surface area contributed by atoms with Gasteiger partial charge in [-0.2, -0.15) is 0 Å². The van der Waals surface area contributed by atoms with Crippen LogP contribution in [0.15, 0.2) is 47.8 Å². The zero-order valence-corrected chi connectivity index (χ0v) is 17.8. The highest BCUT2D eigenvalue weighted by Gasteiger charge is 2.32. The predicted molar refractivity (Wildman–Crippen MR) is 117 cm³/mol. The van der Waals surface area contributed by atoms with E-state index < -0.39 is 17.1 Å². The normalized spacial score (nSPS) is 13.3. The van der Waals surface area contributed by atoms with Crippen LogP contribution in [-0.2, 0) is 11.2 Å². The molecule has 2 heterocycles. The fourth-order valence-corrected chi connectivity index (χ4v) is 4.17. The number of carbonyl (C=O) groups is 2. The fraction of sp³-hybridized carbons (Fsp3) is 0.261. The summed E-state index contributed by atoms with van der Waals surface area (Å²) in [7, 11) is 0. The van der Waals surface area contributed by atoms with Crippen LogP contribution in [0.1, 0.15) is 36.7 Å². The molecule has 0 unspecified atom stereocenters. The maximum atomic E-state index is 13.8. The lowest BCUT2D eigenvalue weighted by Gasteiger charge is -2.26. The monoisotopic (exact) mass is 423 g/mol. The smallest absolute Gasteiger partial charge is 0.260 e. The summed E-state index contributed by atoms with van der Waals surface area (Å²) in [6.07, 6.45) is 0.798. The molecule has 154 valence electrons. The highest BCUT2D eigenvalue weighted by atomic mass is 32.1. The van der Waals surface area contributed by atoms with Gasteiger partial charge in [-0.05, 0) is 36.2 Å². The van der Waals surface area contributed by atoms with E-state index in [1.165, 1.54) is 29.5 Å². The van der Waals surface area contributed by atoms with Gasteiger partial charge in [0.25, 0.3) is 5.91 Å². The summed E-state index contributed by atoms with van der Waals surface area (Å²) < 4.78 is 13.8. The summed E-state index contributed by atoms with van der Waals surface area (Å²) in [5.41, 5.74) is 3.25. The lowest BCUT2D eigenvalue weighted by atomic mass is 9.94. The molecule has 1 N–H and O–H groups in total. The van der Waals surface area contributed by atoms with E-state index in [9.17, 15) is 14.0 Å². The van der Waals surface area contributed by atoms with E-state index in [1.807, 2.05) is 49.3 Å². The van der Waals surface area contributed by atoms with Crippen molar-refractivity contribution in [1.29, 1.82) is 0 Å². The average Bonchev–Trinajstić information content (AvgIpc) is 3.33. The Balaban J connectivity index is 1.53. The summed E-state index contributed by atoms with van der Waals surface area (Å²) in [5, 5.41) is 4.91. The summed E-state index contributed by atoms with van der Waals surface area (Å²) in [4.78, 5) is 31.3. The minimum absolute atomic E-state index is 0.0182. The number of nitrogens with one attached hydrogen (secondary N) is 1. The van der Waals surface area contributed by atoms with Gasteiger partial charge < -0.3 is 4.90 Å². The highest BCUT2D eigenvalue weighted by Crippen LogP contribution is 2.35. The van der Waals surface area contributed by atoms with Gasteiger partial charge in [-0.25, -0.2) is 9.37 Å². The van der Waals surface area contributed by atoms with E-state index in [4.69, 9.17) is 0 Å². The van der Waals surface area contributed by atoms with Crippen LogP contribution >= 0.6 is 11.3 Å². The summed E-state index contributed by atoms with van der Waals surface area (Å²) >= 11 is 1.29. The molecule has 30 heavy (non-hydrogen) atoms. The van der Waals surface area contributed by atoms with Gasteiger partial charge in [0.05, 0.1) is 11.3 Å². The number of nitrogens with zero attached hydrogens (tertiary/aromatic N) is 2. The second-order valence-electron chi connectivity index (χ2n) is 8.27. The molecule has 0 bridgehead atoms. The SMILES string of the molecule is CC(C)(C)C(=O)N1CCc2cc(-c3csc(NC(=O)c4ccccc4F)n3)ccc21. The second-order valence-corrected chi connectivity index (χ2v) is 9.13. The molecule has 5 nitrogen and oxygen atoms in total. The number of carbonyl (C=O) groups excluding carboxylic acids is 2. The lowest BCUT2D eigenvalue weighted by Crippen LogP contribution is -2.38. The van der Waals surface area contributed by atoms with Gasteiger partial charge in [0.1, 0.15) is 5.82 Å². The number of thiazole rings is 1. The second kappa shape index (κ2) is 7.65. The first kappa shape index (κ1) is 20.2. The Morgan fingerprint density at radius 2 is 1.93 bits per heavy atom. The van der Waals surface area contributed by atoms with Gasteiger partial charge in [0.15, 0.2) is 5.13 Å². The maximum Gasteiger partial charge on any atom is 0.260 e. The molecule has 0 radical (unpaired) electrons. The van der Waals surface area contributed by atoms with Crippen LogP contribution in [-0.4, -0.2) is 23.3 Å². The molecule has 0 aliphatic carbocycles. The molecule has 0 saturated carbocycles. The van der Waals surface area contributed by atoms with Crippen LogP contribution in [0.5, 0.6) is 0 Å². The summed E-state index contributed by atoms with van der Waals surface area (Å²) in [6.45, 7) is 6.45. The molecule has 4 rings (SSSR count). The van der Waals surface area contributed by atoms with Crippen molar-refractivity contribution < 1.29 is 14.0 Å². The first-order valence-corrected chi connectivity index (χ1v) is 10.6. The van der Waals surface area contributed by atoms with Crippen LogP contribution in [0, 0.1) is 11.2 Å². The van der Waals surface area contributed by atoms with Crippen molar-refractivity contribution in [2.24, 2.45) is 5.41 Å². The minimum Gasteiger partial charge on any atom is -0.311 e.